The molecule has 0 unspecified atom stereocenters. The van der Waals surface area contributed by atoms with Gasteiger partial charge in [0.15, 0.2) is 0 Å². The van der Waals surface area contributed by atoms with Gasteiger partial charge in [0, 0.05) is 17.8 Å². The van der Waals surface area contributed by atoms with Gasteiger partial charge in [0.2, 0.25) is 0 Å². The Bertz CT molecular complexity index is 798. The third kappa shape index (κ3) is 4.27. The lowest BCUT2D eigenvalue weighted by molar-refractivity contribution is 0.0988. The van der Waals surface area contributed by atoms with Crippen molar-refractivity contribution in [3.05, 3.63) is 96.1 Å². The molecule has 3 nitrogen and oxygen atoms in total. The van der Waals surface area contributed by atoms with Gasteiger partial charge in [-0.15, -0.1) is 0 Å². The van der Waals surface area contributed by atoms with Gasteiger partial charge >= 0.3 is 0 Å². The van der Waals surface area contributed by atoms with E-state index in [2.05, 4.69) is 0 Å². The Labute approximate surface area is 148 Å². The number of carbonyl (C=O) groups excluding carboxylic acids is 1. The van der Waals surface area contributed by atoms with Crippen molar-refractivity contribution in [3.8, 4) is 5.75 Å². The molecule has 126 valence electrons. The normalized spacial score (nSPS) is 10.3. The summed E-state index contributed by atoms with van der Waals surface area (Å²) in [6.45, 7) is 3.09. The zero-order chi connectivity index (χ0) is 17.5. The molecule has 0 saturated carbocycles. The number of carbonyl (C=O) groups is 1. The Morgan fingerprint density at radius 1 is 0.840 bits per heavy atom. The number of anilines is 1. The summed E-state index contributed by atoms with van der Waals surface area (Å²) >= 11 is 0. The van der Waals surface area contributed by atoms with E-state index >= 15 is 0 Å². The molecule has 3 aromatic rings. The smallest absolute Gasteiger partial charge is 0.258 e. The van der Waals surface area contributed by atoms with Crippen LogP contribution in [0.4, 0.5) is 5.69 Å². The summed E-state index contributed by atoms with van der Waals surface area (Å²) in [7, 11) is 0. The minimum absolute atomic E-state index is 0.00391. The second kappa shape index (κ2) is 8.15. The average molecular weight is 331 g/mol. The van der Waals surface area contributed by atoms with E-state index < -0.39 is 0 Å². The van der Waals surface area contributed by atoms with Crippen LogP contribution in [0.5, 0.6) is 5.75 Å². The second-order valence-electron chi connectivity index (χ2n) is 5.68. The Hall–Kier alpha value is -3.07. The third-order valence-corrected chi connectivity index (χ3v) is 3.98. The molecule has 0 fully saturated rings. The highest BCUT2D eigenvalue weighted by molar-refractivity contribution is 6.06. The van der Waals surface area contributed by atoms with Crippen molar-refractivity contribution in [1.82, 2.24) is 0 Å². The van der Waals surface area contributed by atoms with Crippen LogP contribution in [-0.2, 0) is 6.61 Å². The maximum absolute atomic E-state index is 12.8. The van der Waals surface area contributed by atoms with Gasteiger partial charge in [-0.25, -0.2) is 0 Å². The number of nitrogens with zero attached hydrogens (tertiary/aromatic N) is 1. The van der Waals surface area contributed by atoms with Crippen LogP contribution in [-0.4, -0.2) is 12.5 Å². The van der Waals surface area contributed by atoms with E-state index in [1.165, 1.54) is 0 Å². The van der Waals surface area contributed by atoms with Crippen LogP contribution in [0, 0.1) is 0 Å². The molecule has 3 rings (SSSR count). The maximum atomic E-state index is 12.8. The minimum Gasteiger partial charge on any atom is -0.489 e. The Morgan fingerprint density at radius 3 is 2.04 bits per heavy atom. The predicted molar refractivity (Wildman–Crippen MR) is 101 cm³/mol. The number of hydrogen-bond acceptors (Lipinski definition) is 2. The highest BCUT2D eigenvalue weighted by Crippen LogP contribution is 2.18. The van der Waals surface area contributed by atoms with Crippen molar-refractivity contribution in [2.75, 3.05) is 11.4 Å². The summed E-state index contributed by atoms with van der Waals surface area (Å²) in [5.74, 6) is 0.841. The highest BCUT2D eigenvalue weighted by atomic mass is 16.5. The molecule has 25 heavy (non-hydrogen) atoms. The lowest BCUT2D eigenvalue weighted by atomic mass is 10.1. The summed E-state index contributed by atoms with van der Waals surface area (Å²) in [6, 6.07) is 27.0. The van der Waals surface area contributed by atoms with Gasteiger partial charge in [0.25, 0.3) is 5.91 Å². The molecule has 0 spiro atoms. The Morgan fingerprint density at radius 2 is 1.44 bits per heavy atom. The molecule has 1 amide bonds. The van der Waals surface area contributed by atoms with Crippen LogP contribution in [0.25, 0.3) is 0 Å². The maximum Gasteiger partial charge on any atom is 0.258 e. The van der Waals surface area contributed by atoms with E-state index in [-0.39, 0.29) is 5.91 Å². The van der Waals surface area contributed by atoms with E-state index in [1.807, 2.05) is 91.9 Å². The van der Waals surface area contributed by atoms with Gasteiger partial charge in [0.05, 0.1) is 0 Å². The molecule has 0 heterocycles. The van der Waals surface area contributed by atoms with Gasteiger partial charge in [-0.2, -0.15) is 0 Å². The first-order valence-electron chi connectivity index (χ1n) is 8.41. The standard InChI is InChI=1S/C22H21NO2/c1-2-23(20-9-5-3-6-10-20)22(24)19-15-13-18(14-16-19)17-25-21-11-7-4-8-12-21/h3-16H,2,17H2,1H3. The fourth-order valence-electron chi connectivity index (χ4n) is 2.63. The van der Waals surface area contributed by atoms with Gasteiger partial charge in [-0.3, -0.25) is 4.79 Å². The van der Waals surface area contributed by atoms with Gasteiger partial charge in [-0.1, -0.05) is 48.5 Å². The summed E-state index contributed by atoms with van der Waals surface area (Å²) in [5.41, 5.74) is 2.61. The largest absolute Gasteiger partial charge is 0.489 e. The molecular formula is C22H21NO2. The van der Waals surface area contributed by atoms with Gasteiger partial charge in [-0.05, 0) is 48.9 Å². The molecule has 0 aliphatic carbocycles. The number of amides is 1. The number of rotatable bonds is 6. The van der Waals surface area contributed by atoms with Crippen molar-refractivity contribution < 1.29 is 9.53 Å². The van der Waals surface area contributed by atoms with Crippen molar-refractivity contribution >= 4 is 11.6 Å². The van der Waals surface area contributed by atoms with Crippen LogP contribution >= 0.6 is 0 Å². The third-order valence-electron chi connectivity index (χ3n) is 3.98. The molecule has 3 aromatic carbocycles. The summed E-state index contributed by atoms with van der Waals surface area (Å²) in [5, 5.41) is 0. The molecule has 0 aromatic heterocycles. The zero-order valence-corrected chi connectivity index (χ0v) is 14.3. The summed E-state index contributed by atoms with van der Waals surface area (Å²) in [4.78, 5) is 14.5. The average Bonchev–Trinajstić information content (AvgIpc) is 2.69. The van der Waals surface area contributed by atoms with Gasteiger partial charge in [0.1, 0.15) is 12.4 Å². The SMILES string of the molecule is CCN(C(=O)c1ccc(COc2ccccc2)cc1)c1ccccc1. The number of hydrogen-bond donors (Lipinski definition) is 0. The Kier molecular flexibility index (Phi) is 5.47. The first-order valence-corrected chi connectivity index (χ1v) is 8.41. The number of ether oxygens (including phenoxy) is 1. The van der Waals surface area contributed by atoms with Crippen molar-refractivity contribution in [1.29, 1.82) is 0 Å². The molecule has 0 aliphatic heterocycles. The van der Waals surface area contributed by atoms with Crippen molar-refractivity contribution in [2.24, 2.45) is 0 Å². The highest BCUT2D eigenvalue weighted by Gasteiger charge is 2.15. The van der Waals surface area contributed by atoms with Crippen LogP contribution in [0.1, 0.15) is 22.8 Å². The van der Waals surface area contributed by atoms with E-state index in [0.717, 1.165) is 17.0 Å². The quantitative estimate of drug-likeness (QED) is 0.641. The fourth-order valence-corrected chi connectivity index (χ4v) is 2.63. The first-order chi connectivity index (χ1) is 12.3. The second-order valence-corrected chi connectivity index (χ2v) is 5.68. The van der Waals surface area contributed by atoms with Crippen molar-refractivity contribution in [3.63, 3.8) is 0 Å². The molecule has 0 aliphatic rings. The van der Waals surface area contributed by atoms with Crippen LogP contribution in [0.3, 0.4) is 0 Å². The topological polar surface area (TPSA) is 29.5 Å². The summed E-state index contributed by atoms with van der Waals surface area (Å²) in [6.07, 6.45) is 0. The van der Waals surface area contributed by atoms with E-state index in [4.69, 9.17) is 4.74 Å². The fraction of sp³-hybridized carbons (Fsp3) is 0.136. The number of para-hydroxylation sites is 2. The molecule has 0 N–H and O–H groups in total. The minimum atomic E-state index is 0.00391. The Balaban J connectivity index is 1.68. The number of benzene rings is 3. The molecule has 3 heteroatoms. The molecular weight excluding hydrogens is 310 g/mol. The predicted octanol–water partition coefficient (Wildman–Crippen LogP) is 4.93. The lowest BCUT2D eigenvalue weighted by Gasteiger charge is -2.21. The van der Waals surface area contributed by atoms with E-state index in [1.54, 1.807) is 4.90 Å². The van der Waals surface area contributed by atoms with Crippen LogP contribution in [0.2, 0.25) is 0 Å². The molecule has 0 radical (unpaired) electrons. The molecule has 0 atom stereocenters. The van der Waals surface area contributed by atoms with E-state index in [9.17, 15) is 4.79 Å². The van der Waals surface area contributed by atoms with Crippen molar-refractivity contribution in [2.45, 2.75) is 13.5 Å². The lowest BCUT2D eigenvalue weighted by Crippen LogP contribution is -2.30. The molecule has 0 bridgehead atoms. The van der Waals surface area contributed by atoms with Crippen LogP contribution < -0.4 is 9.64 Å². The van der Waals surface area contributed by atoms with E-state index in [0.29, 0.717) is 18.7 Å². The van der Waals surface area contributed by atoms with Gasteiger partial charge < -0.3 is 9.64 Å². The van der Waals surface area contributed by atoms with Crippen LogP contribution in [0.15, 0.2) is 84.9 Å². The zero-order valence-electron chi connectivity index (χ0n) is 14.3. The summed E-state index contributed by atoms with van der Waals surface area (Å²) < 4.78 is 5.73. The molecule has 0 saturated heterocycles. The monoisotopic (exact) mass is 331 g/mol. The first kappa shape index (κ1) is 16.8.